The summed E-state index contributed by atoms with van der Waals surface area (Å²) in [6.07, 6.45) is 1.82. The Bertz CT molecular complexity index is 139. The van der Waals surface area contributed by atoms with Gasteiger partial charge in [-0.15, -0.1) is 0 Å². The summed E-state index contributed by atoms with van der Waals surface area (Å²) in [5.74, 6) is 0.138. The first-order valence-corrected chi connectivity index (χ1v) is 4.70. The zero-order valence-corrected chi connectivity index (χ0v) is 7.94. The molecule has 2 atom stereocenters. The first-order chi connectivity index (χ1) is 5.55. The van der Waals surface area contributed by atoms with Crippen molar-refractivity contribution in [2.45, 2.75) is 38.4 Å². The molecule has 0 bridgehead atoms. The molecule has 1 aliphatic heterocycles. The van der Waals surface area contributed by atoms with Crippen molar-refractivity contribution < 1.29 is 4.39 Å². The molecule has 1 fully saturated rings. The fraction of sp³-hybridized carbons (Fsp3) is 1.00. The molecule has 0 aromatic rings. The van der Waals surface area contributed by atoms with E-state index in [0.717, 1.165) is 25.9 Å². The molecule has 0 radical (unpaired) electrons. The lowest BCUT2D eigenvalue weighted by Crippen LogP contribution is -2.49. The highest BCUT2D eigenvalue weighted by molar-refractivity contribution is 4.91. The molecule has 0 aromatic heterocycles. The smallest absolute Gasteiger partial charge is 0.125 e. The minimum absolute atomic E-state index is 0.138. The Morgan fingerprint density at radius 1 is 1.50 bits per heavy atom. The number of halogens is 1. The minimum atomic E-state index is -1.19. The largest absolute Gasteiger partial charge is 0.325 e. The molecule has 0 amide bonds. The highest BCUT2D eigenvalue weighted by Crippen LogP contribution is 2.31. The second kappa shape index (κ2) is 3.71. The van der Waals surface area contributed by atoms with Crippen LogP contribution in [-0.4, -0.2) is 24.8 Å². The number of alkyl halides is 1. The van der Waals surface area contributed by atoms with Crippen LogP contribution in [0.25, 0.3) is 0 Å². The molecule has 72 valence electrons. The van der Waals surface area contributed by atoms with Crippen LogP contribution in [0.1, 0.15) is 26.7 Å². The van der Waals surface area contributed by atoms with Crippen molar-refractivity contribution in [2.24, 2.45) is 11.7 Å². The fourth-order valence-electron chi connectivity index (χ4n) is 1.76. The molecular formula is C9H19FN2. The third kappa shape index (κ3) is 1.96. The molecule has 1 heterocycles. The Balaban J connectivity index is 2.53. The van der Waals surface area contributed by atoms with Crippen LogP contribution in [0.15, 0.2) is 0 Å². The number of hydrogen-bond donors (Lipinski definition) is 2. The van der Waals surface area contributed by atoms with Gasteiger partial charge in [0.1, 0.15) is 5.67 Å². The van der Waals surface area contributed by atoms with Crippen molar-refractivity contribution in [1.82, 2.24) is 5.32 Å². The van der Waals surface area contributed by atoms with Gasteiger partial charge in [-0.25, -0.2) is 4.39 Å². The van der Waals surface area contributed by atoms with Crippen LogP contribution in [0.5, 0.6) is 0 Å². The van der Waals surface area contributed by atoms with Crippen LogP contribution in [0.3, 0.4) is 0 Å². The molecule has 1 saturated heterocycles. The molecule has 12 heavy (non-hydrogen) atoms. The number of hydrogen-bond acceptors (Lipinski definition) is 2. The van der Waals surface area contributed by atoms with Crippen molar-refractivity contribution in [3.8, 4) is 0 Å². The van der Waals surface area contributed by atoms with E-state index in [4.69, 9.17) is 5.73 Å². The average Bonchev–Trinajstić information content (AvgIpc) is 2.06. The Kier molecular flexibility index (Phi) is 3.07. The van der Waals surface area contributed by atoms with E-state index in [1.165, 1.54) is 0 Å². The standard InChI is InChI=1S/C9H19FN2/c1-7(11)9(2,10)8-3-5-12-6-4-8/h7-8,12H,3-6,11H2,1-2H3. The highest BCUT2D eigenvalue weighted by atomic mass is 19.1. The third-order valence-corrected chi connectivity index (χ3v) is 3.03. The third-order valence-electron chi connectivity index (χ3n) is 3.03. The summed E-state index contributed by atoms with van der Waals surface area (Å²) in [6.45, 7) is 5.24. The monoisotopic (exact) mass is 174 g/mol. The number of nitrogens with two attached hydrogens (primary N) is 1. The summed E-state index contributed by atoms with van der Waals surface area (Å²) in [6, 6.07) is -0.361. The first-order valence-electron chi connectivity index (χ1n) is 4.70. The van der Waals surface area contributed by atoms with E-state index < -0.39 is 5.67 Å². The van der Waals surface area contributed by atoms with Crippen LogP contribution in [0.2, 0.25) is 0 Å². The van der Waals surface area contributed by atoms with Gasteiger partial charge in [-0.1, -0.05) is 0 Å². The molecule has 0 aliphatic carbocycles. The maximum Gasteiger partial charge on any atom is 0.125 e. The average molecular weight is 174 g/mol. The summed E-state index contributed by atoms with van der Waals surface area (Å²) in [4.78, 5) is 0. The topological polar surface area (TPSA) is 38.0 Å². The Morgan fingerprint density at radius 2 is 2.00 bits per heavy atom. The highest BCUT2D eigenvalue weighted by Gasteiger charge is 2.37. The first kappa shape index (κ1) is 9.93. The summed E-state index contributed by atoms with van der Waals surface area (Å²) >= 11 is 0. The Labute approximate surface area is 73.7 Å². The van der Waals surface area contributed by atoms with Gasteiger partial charge < -0.3 is 11.1 Å². The Hall–Kier alpha value is -0.150. The van der Waals surface area contributed by atoms with Crippen molar-refractivity contribution in [3.63, 3.8) is 0 Å². The molecular weight excluding hydrogens is 155 g/mol. The molecule has 3 N–H and O–H groups in total. The molecule has 2 unspecified atom stereocenters. The lowest BCUT2D eigenvalue weighted by atomic mass is 9.80. The zero-order valence-electron chi connectivity index (χ0n) is 7.94. The fourth-order valence-corrected chi connectivity index (χ4v) is 1.76. The zero-order chi connectivity index (χ0) is 9.19. The van der Waals surface area contributed by atoms with Gasteiger partial charge in [0.05, 0.1) is 0 Å². The second-order valence-electron chi connectivity index (χ2n) is 3.96. The van der Waals surface area contributed by atoms with E-state index in [-0.39, 0.29) is 12.0 Å². The van der Waals surface area contributed by atoms with Crippen LogP contribution >= 0.6 is 0 Å². The molecule has 0 aromatic carbocycles. The predicted octanol–water partition coefficient (Wildman–Crippen LogP) is 1.06. The van der Waals surface area contributed by atoms with Crippen LogP contribution in [0.4, 0.5) is 4.39 Å². The SMILES string of the molecule is CC(N)C(C)(F)C1CCNCC1. The van der Waals surface area contributed by atoms with Crippen molar-refractivity contribution >= 4 is 0 Å². The molecule has 0 saturated carbocycles. The quantitative estimate of drug-likeness (QED) is 0.657. The molecule has 3 heteroatoms. The van der Waals surface area contributed by atoms with Gasteiger partial charge in [0.25, 0.3) is 0 Å². The van der Waals surface area contributed by atoms with E-state index in [2.05, 4.69) is 5.32 Å². The molecule has 1 rings (SSSR count). The Morgan fingerprint density at radius 3 is 2.42 bits per heavy atom. The van der Waals surface area contributed by atoms with Crippen LogP contribution in [-0.2, 0) is 0 Å². The minimum Gasteiger partial charge on any atom is -0.325 e. The van der Waals surface area contributed by atoms with Gasteiger partial charge >= 0.3 is 0 Å². The van der Waals surface area contributed by atoms with Crippen LogP contribution < -0.4 is 11.1 Å². The maximum absolute atomic E-state index is 13.9. The predicted molar refractivity (Wildman–Crippen MR) is 48.8 cm³/mol. The molecule has 1 aliphatic rings. The van der Waals surface area contributed by atoms with Gasteiger partial charge in [0, 0.05) is 6.04 Å². The lowest BCUT2D eigenvalue weighted by Gasteiger charge is -2.36. The number of rotatable bonds is 2. The molecule has 0 spiro atoms. The second-order valence-corrected chi connectivity index (χ2v) is 3.96. The van der Waals surface area contributed by atoms with E-state index >= 15 is 0 Å². The summed E-state index contributed by atoms with van der Waals surface area (Å²) in [5.41, 5.74) is 4.41. The van der Waals surface area contributed by atoms with Crippen molar-refractivity contribution in [2.75, 3.05) is 13.1 Å². The number of nitrogens with one attached hydrogen (secondary N) is 1. The molecule has 2 nitrogen and oxygen atoms in total. The van der Waals surface area contributed by atoms with Gasteiger partial charge in [-0.3, -0.25) is 0 Å². The van der Waals surface area contributed by atoms with Gasteiger partial charge in [-0.2, -0.15) is 0 Å². The van der Waals surface area contributed by atoms with Crippen molar-refractivity contribution in [3.05, 3.63) is 0 Å². The number of piperidine rings is 1. The summed E-state index contributed by atoms with van der Waals surface area (Å²) in [5, 5.41) is 3.22. The van der Waals surface area contributed by atoms with Crippen LogP contribution in [0, 0.1) is 5.92 Å². The maximum atomic E-state index is 13.9. The van der Waals surface area contributed by atoms with E-state index in [1.807, 2.05) is 0 Å². The van der Waals surface area contributed by atoms with Crippen molar-refractivity contribution in [1.29, 1.82) is 0 Å². The van der Waals surface area contributed by atoms with Gasteiger partial charge in [-0.05, 0) is 45.7 Å². The van der Waals surface area contributed by atoms with Gasteiger partial charge in [0.2, 0.25) is 0 Å². The van der Waals surface area contributed by atoms with E-state index in [0.29, 0.717) is 0 Å². The van der Waals surface area contributed by atoms with E-state index in [1.54, 1.807) is 13.8 Å². The van der Waals surface area contributed by atoms with Gasteiger partial charge in [0.15, 0.2) is 0 Å². The summed E-state index contributed by atoms with van der Waals surface area (Å²) in [7, 11) is 0. The van der Waals surface area contributed by atoms with E-state index in [9.17, 15) is 4.39 Å². The normalized spacial score (nSPS) is 28.0. The summed E-state index contributed by atoms with van der Waals surface area (Å²) < 4.78 is 13.9. The lowest BCUT2D eigenvalue weighted by molar-refractivity contribution is 0.0577.